The van der Waals surface area contributed by atoms with E-state index in [4.69, 9.17) is 9.97 Å². The maximum Gasteiger partial charge on any atom is 0.332 e. The van der Waals surface area contributed by atoms with Gasteiger partial charge in [-0.2, -0.15) is 5.11 Å². The third-order valence-corrected chi connectivity index (χ3v) is 6.91. The van der Waals surface area contributed by atoms with E-state index in [1.54, 1.807) is 4.57 Å². The van der Waals surface area contributed by atoms with Crippen molar-refractivity contribution in [2.45, 2.75) is 52.2 Å². The van der Waals surface area contributed by atoms with Crippen LogP contribution in [0, 0.1) is 5.92 Å². The van der Waals surface area contributed by atoms with Crippen molar-refractivity contribution in [3.05, 3.63) is 80.3 Å². The number of rotatable bonds is 6. The van der Waals surface area contributed by atoms with Crippen LogP contribution in [-0.4, -0.2) is 37.2 Å². The van der Waals surface area contributed by atoms with Crippen LogP contribution in [0.1, 0.15) is 50.2 Å². The normalized spacial score (nSPS) is 17.7. The fraction of sp³-hybridized carbons (Fsp3) is 0.407. The molecule has 9 heteroatoms. The zero-order valence-electron chi connectivity index (χ0n) is 21.3. The van der Waals surface area contributed by atoms with Gasteiger partial charge in [0.05, 0.1) is 17.4 Å². The summed E-state index contributed by atoms with van der Waals surface area (Å²) in [5, 5.41) is 12.9. The predicted molar refractivity (Wildman–Crippen MR) is 140 cm³/mol. The zero-order valence-corrected chi connectivity index (χ0v) is 21.3. The minimum absolute atomic E-state index is 0.00781. The second-order valence-electron chi connectivity index (χ2n) is 9.89. The third-order valence-electron chi connectivity index (χ3n) is 6.91. The van der Waals surface area contributed by atoms with Gasteiger partial charge in [0, 0.05) is 27.1 Å². The molecule has 186 valence electrons. The largest absolute Gasteiger partial charge is 0.332 e. The first-order valence-corrected chi connectivity index (χ1v) is 12.4. The number of hydrogen-bond donors (Lipinski definition) is 0. The van der Waals surface area contributed by atoms with Crippen LogP contribution in [0.25, 0.3) is 21.9 Å². The molecule has 1 aliphatic heterocycles. The molecule has 0 amide bonds. The summed E-state index contributed by atoms with van der Waals surface area (Å²) < 4.78 is 2.69. The van der Waals surface area contributed by atoms with E-state index in [9.17, 15) is 9.59 Å². The highest BCUT2D eigenvalue weighted by Gasteiger charge is 2.34. The van der Waals surface area contributed by atoms with Crippen LogP contribution in [0.3, 0.4) is 0 Å². The third kappa shape index (κ3) is 3.98. The van der Waals surface area contributed by atoms with Crippen molar-refractivity contribution in [2.75, 3.05) is 7.05 Å². The van der Waals surface area contributed by atoms with Gasteiger partial charge in [0.25, 0.3) is 5.56 Å². The second-order valence-corrected chi connectivity index (χ2v) is 9.89. The van der Waals surface area contributed by atoms with Gasteiger partial charge >= 0.3 is 5.69 Å². The SMILES string of the molecule is CCC1C(c2nc3c(=O)n(C)c(=O)n(CC(C)C)c3nc2Cc2cccc3ccccc23)N=NN1C. The summed E-state index contributed by atoms with van der Waals surface area (Å²) in [6, 6.07) is 14.1. The van der Waals surface area contributed by atoms with Crippen molar-refractivity contribution in [1.82, 2.24) is 24.1 Å². The van der Waals surface area contributed by atoms with E-state index in [2.05, 4.69) is 41.5 Å². The van der Waals surface area contributed by atoms with Crippen LogP contribution >= 0.6 is 0 Å². The number of fused-ring (bicyclic) bond motifs is 2. The Morgan fingerprint density at radius 2 is 1.75 bits per heavy atom. The van der Waals surface area contributed by atoms with Crippen LogP contribution < -0.4 is 11.2 Å². The van der Waals surface area contributed by atoms with E-state index in [1.165, 1.54) is 7.05 Å². The number of likely N-dealkylation sites (N-methyl/N-ethyl adjacent to an activating group) is 1. The van der Waals surface area contributed by atoms with Gasteiger partial charge in [-0.05, 0) is 28.7 Å². The van der Waals surface area contributed by atoms with E-state index in [0.717, 1.165) is 27.3 Å². The molecule has 0 radical (unpaired) electrons. The first-order valence-electron chi connectivity index (χ1n) is 12.4. The molecule has 5 rings (SSSR count). The summed E-state index contributed by atoms with van der Waals surface area (Å²) in [7, 11) is 3.39. The average molecular weight is 486 g/mol. The lowest BCUT2D eigenvalue weighted by molar-refractivity contribution is 0.261. The molecule has 4 aromatic rings. The lowest BCUT2D eigenvalue weighted by atomic mass is 9.96. The van der Waals surface area contributed by atoms with Crippen LogP contribution in [0.4, 0.5) is 0 Å². The van der Waals surface area contributed by atoms with Crippen LogP contribution in [0.5, 0.6) is 0 Å². The molecule has 0 spiro atoms. The summed E-state index contributed by atoms with van der Waals surface area (Å²) in [4.78, 5) is 36.2. The Bertz CT molecular complexity index is 1600. The molecular formula is C27H31N7O2. The van der Waals surface area contributed by atoms with E-state index >= 15 is 0 Å². The molecule has 1 aliphatic rings. The zero-order chi connectivity index (χ0) is 25.6. The van der Waals surface area contributed by atoms with Gasteiger partial charge in [0.2, 0.25) is 0 Å². The first-order chi connectivity index (χ1) is 17.3. The minimum Gasteiger partial charge on any atom is -0.276 e. The van der Waals surface area contributed by atoms with Crippen molar-refractivity contribution in [1.29, 1.82) is 0 Å². The van der Waals surface area contributed by atoms with Gasteiger partial charge in [0.15, 0.2) is 11.2 Å². The topological polar surface area (TPSA) is 97.7 Å². The summed E-state index contributed by atoms with van der Waals surface area (Å²) in [6.45, 7) is 6.59. The van der Waals surface area contributed by atoms with Crippen molar-refractivity contribution < 1.29 is 0 Å². The molecule has 2 unspecified atom stereocenters. The highest BCUT2D eigenvalue weighted by molar-refractivity contribution is 5.86. The molecule has 2 aromatic heterocycles. The van der Waals surface area contributed by atoms with Crippen molar-refractivity contribution >= 4 is 21.9 Å². The molecule has 0 N–H and O–H groups in total. The average Bonchev–Trinajstić information content (AvgIpc) is 3.25. The summed E-state index contributed by atoms with van der Waals surface area (Å²) in [6.07, 6.45) is 1.31. The smallest absolute Gasteiger partial charge is 0.276 e. The van der Waals surface area contributed by atoms with Crippen LogP contribution in [0.15, 0.2) is 62.4 Å². The van der Waals surface area contributed by atoms with E-state index in [-0.39, 0.29) is 29.2 Å². The molecule has 0 fully saturated rings. The van der Waals surface area contributed by atoms with Crippen molar-refractivity contribution in [2.24, 2.45) is 23.3 Å². The highest BCUT2D eigenvalue weighted by atomic mass is 16.2. The van der Waals surface area contributed by atoms with Crippen LogP contribution in [0.2, 0.25) is 0 Å². The summed E-state index contributed by atoms with van der Waals surface area (Å²) >= 11 is 0. The molecule has 3 heterocycles. The van der Waals surface area contributed by atoms with Crippen molar-refractivity contribution in [3.63, 3.8) is 0 Å². The summed E-state index contributed by atoms with van der Waals surface area (Å²) in [5.74, 6) is 0.188. The van der Waals surface area contributed by atoms with Gasteiger partial charge < -0.3 is 0 Å². The Morgan fingerprint density at radius 3 is 2.50 bits per heavy atom. The van der Waals surface area contributed by atoms with Gasteiger partial charge in [0.1, 0.15) is 6.04 Å². The monoisotopic (exact) mass is 485 g/mol. The molecule has 0 aliphatic carbocycles. The molecule has 2 aromatic carbocycles. The number of aromatic nitrogens is 4. The number of benzene rings is 2. The standard InChI is InChI=1S/C27H31N7O2/c1-6-21-23(30-31-33(21)5)22-20(14-18-12-9-11-17-10-7-8-13-19(17)18)28-25-24(29-22)26(35)32(4)27(36)34(25)15-16(2)3/h7-13,16,21,23H,6,14-15H2,1-5H3. The minimum atomic E-state index is -0.447. The van der Waals surface area contributed by atoms with Crippen LogP contribution in [-0.2, 0) is 20.0 Å². The molecule has 0 bridgehead atoms. The quantitative estimate of drug-likeness (QED) is 0.411. The Morgan fingerprint density at radius 1 is 1.00 bits per heavy atom. The Balaban J connectivity index is 1.80. The fourth-order valence-corrected chi connectivity index (χ4v) is 5.05. The Labute approximate surface area is 209 Å². The first kappa shape index (κ1) is 23.8. The van der Waals surface area contributed by atoms with Crippen molar-refractivity contribution in [3.8, 4) is 0 Å². The van der Waals surface area contributed by atoms with Gasteiger partial charge in [-0.25, -0.2) is 14.8 Å². The molecule has 9 nitrogen and oxygen atoms in total. The molecule has 36 heavy (non-hydrogen) atoms. The van der Waals surface area contributed by atoms with E-state index in [1.807, 2.05) is 44.1 Å². The highest BCUT2D eigenvalue weighted by Crippen LogP contribution is 2.34. The molecule has 0 saturated carbocycles. The Kier molecular flexibility index (Phi) is 6.15. The number of hydrogen-bond acceptors (Lipinski definition) is 7. The fourth-order valence-electron chi connectivity index (χ4n) is 5.05. The van der Waals surface area contributed by atoms with E-state index < -0.39 is 5.56 Å². The maximum atomic E-state index is 13.2. The lowest BCUT2D eigenvalue weighted by Gasteiger charge is -2.22. The molecular weight excluding hydrogens is 454 g/mol. The number of nitrogens with zero attached hydrogens (tertiary/aromatic N) is 7. The molecule has 2 atom stereocenters. The summed E-state index contributed by atoms with van der Waals surface area (Å²) in [5.41, 5.74) is 2.13. The molecule has 0 saturated heterocycles. The van der Waals surface area contributed by atoms with Gasteiger partial charge in [-0.1, -0.05) is 68.5 Å². The maximum absolute atomic E-state index is 13.2. The Hall–Kier alpha value is -3.88. The van der Waals surface area contributed by atoms with E-state index in [0.29, 0.717) is 30.0 Å². The van der Waals surface area contributed by atoms with Gasteiger partial charge in [-0.3, -0.25) is 18.9 Å². The predicted octanol–water partition coefficient (Wildman–Crippen LogP) is 4.02. The van der Waals surface area contributed by atoms with Gasteiger partial charge in [-0.15, -0.1) is 0 Å². The second kappa shape index (κ2) is 9.29. The lowest BCUT2D eigenvalue weighted by Crippen LogP contribution is -2.40.